The van der Waals surface area contributed by atoms with Gasteiger partial charge in [-0.05, 0) is 24.0 Å². The number of ether oxygens (including phenoxy) is 1. The Bertz CT molecular complexity index is 281. The van der Waals surface area contributed by atoms with Gasteiger partial charge in [-0.3, -0.25) is 4.79 Å². The molecule has 1 aromatic carbocycles. The molecular formula is C12H16O2. The molecule has 1 rings (SSSR count). The van der Waals surface area contributed by atoms with Crippen LogP contribution in [0.4, 0.5) is 0 Å². The van der Waals surface area contributed by atoms with E-state index in [2.05, 4.69) is 19.1 Å². The first kappa shape index (κ1) is 10.8. The van der Waals surface area contributed by atoms with Crippen molar-refractivity contribution in [3.8, 4) is 0 Å². The Labute approximate surface area is 84.9 Å². The van der Waals surface area contributed by atoms with Crippen LogP contribution in [0.2, 0.25) is 0 Å². The molecule has 0 aromatic heterocycles. The van der Waals surface area contributed by atoms with E-state index in [1.54, 1.807) is 0 Å². The maximum Gasteiger partial charge on any atom is 0.293 e. The van der Waals surface area contributed by atoms with Crippen LogP contribution in [-0.2, 0) is 22.6 Å². The minimum absolute atomic E-state index is 0.378. The number of carbonyl (C=O) groups excluding carboxylic acids is 1. The summed E-state index contributed by atoms with van der Waals surface area (Å²) >= 11 is 0. The lowest BCUT2D eigenvalue weighted by atomic mass is 10.1. The van der Waals surface area contributed by atoms with E-state index in [1.807, 2.05) is 12.1 Å². The molecule has 14 heavy (non-hydrogen) atoms. The molecule has 0 heterocycles. The summed E-state index contributed by atoms with van der Waals surface area (Å²) < 4.78 is 4.70. The summed E-state index contributed by atoms with van der Waals surface area (Å²) in [6.07, 6.45) is 3.51. The maximum atomic E-state index is 10.0. The molecule has 0 amide bonds. The number of hydrogen-bond donors (Lipinski definition) is 0. The third-order valence-corrected chi connectivity index (χ3v) is 2.13. The highest BCUT2D eigenvalue weighted by Gasteiger charge is 1.95. The van der Waals surface area contributed by atoms with E-state index < -0.39 is 0 Å². The molecule has 0 aliphatic rings. The standard InChI is InChI=1S/C12H16O2/c1-2-3-5-11-6-4-7-12(8-11)9-14-10-13/h4,6-8,10H,2-3,5,9H2,1H3. The highest BCUT2D eigenvalue weighted by molar-refractivity contribution is 5.37. The van der Waals surface area contributed by atoms with Gasteiger partial charge in [-0.2, -0.15) is 0 Å². The summed E-state index contributed by atoms with van der Waals surface area (Å²) in [6, 6.07) is 8.19. The lowest BCUT2D eigenvalue weighted by Gasteiger charge is -2.03. The van der Waals surface area contributed by atoms with Gasteiger partial charge in [-0.15, -0.1) is 0 Å². The van der Waals surface area contributed by atoms with Crippen LogP contribution in [-0.4, -0.2) is 6.47 Å². The van der Waals surface area contributed by atoms with Crippen molar-refractivity contribution in [1.82, 2.24) is 0 Å². The average Bonchev–Trinajstić information content (AvgIpc) is 2.24. The molecule has 0 radical (unpaired) electrons. The van der Waals surface area contributed by atoms with Gasteiger partial charge in [0, 0.05) is 0 Å². The topological polar surface area (TPSA) is 26.3 Å². The number of unbranched alkanes of at least 4 members (excludes halogenated alkanes) is 1. The van der Waals surface area contributed by atoms with E-state index in [-0.39, 0.29) is 0 Å². The molecule has 1 aromatic rings. The molecule has 0 bridgehead atoms. The van der Waals surface area contributed by atoms with E-state index in [4.69, 9.17) is 4.74 Å². The molecule has 0 N–H and O–H groups in total. The van der Waals surface area contributed by atoms with E-state index in [9.17, 15) is 4.79 Å². The number of rotatable bonds is 6. The smallest absolute Gasteiger partial charge is 0.293 e. The zero-order valence-corrected chi connectivity index (χ0v) is 8.53. The first-order valence-electron chi connectivity index (χ1n) is 5.00. The number of hydrogen-bond acceptors (Lipinski definition) is 2. The van der Waals surface area contributed by atoms with Crippen molar-refractivity contribution in [3.63, 3.8) is 0 Å². The van der Waals surface area contributed by atoms with Crippen LogP contribution in [0, 0.1) is 0 Å². The molecular weight excluding hydrogens is 176 g/mol. The van der Waals surface area contributed by atoms with Crippen LogP contribution in [0.5, 0.6) is 0 Å². The zero-order chi connectivity index (χ0) is 10.2. The third-order valence-electron chi connectivity index (χ3n) is 2.13. The van der Waals surface area contributed by atoms with Crippen molar-refractivity contribution in [1.29, 1.82) is 0 Å². The zero-order valence-electron chi connectivity index (χ0n) is 8.53. The van der Waals surface area contributed by atoms with E-state index in [0.717, 1.165) is 12.0 Å². The van der Waals surface area contributed by atoms with E-state index in [1.165, 1.54) is 18.4 Å². The predicted molar refractivity (Wildman–Crippen MR) is 55.9 cm³/mol. The molecule has 0 atom stereocenters. The van der Waals surface area contributed by atoms with Crippen molar-refractivity contribution in [3.05, 3.63) is 35.4 Å². The fourth-order valence-corrected chi connectivity index (χ4v) is 1.39. The second kappa shape index (κ2) is 6.19. The fourth-order valence-electron chi connectivity index (χ4n) is 1.39. The molecule has 0 saturated heterocycles. The summed E-state index contributed by atoms with van der Waals surface area (Å²) in [7, 11) is 0. The van der Waals surface area contributed by atoms with Crippen molar-refractivity contribution in [2.45, 2.75) is 32.8 Å². The lowest BCUT2D eigenvalue weighted by molar-refractivity contribution is -0.129. The SMILES string of the molecule is CCCCc1cccc(COC=O)c1. The number of benzene rings is 1. The molecule has 76 valence electrons. The molecule has 0 fully saturated rings. The van der Waals surface area contributed by atoms with Crippen LogP contribution in [0.25, 0.3) is 0 Å². The second-order valence-electron chi connectivity index (χ2n) is 3.33. The summed E-state index contributed by atoms with van der Waals surface area (Å²) in [4.78, 5) is 10.0. The van der Waals surface area contributed by atoms with E-state index >= 15 is 0 Å². The Balaban J connectivity index is 2.54. The van der Waals surface area contributed by atoms with Gasteiger partial charge in [0.25, 0.3) is 6.47 Å². The normalized spacial score (nSPS) is 9.79. The largest absolute Gasteiger partial charge is 0.463 e. The number of aryl methyl sites for hydroxylation is 1. The van der Waals surface area contributed by atoms with Gasteiger partial charge in [-0.25, -0.2) is 0 Å². The van der Waals surface area contributed by atoms with Crippen LogP contribution in [0.15, 0.2) is 24.3 Å². The van der Waals surface area contributed by atoms with Gasteiger partial charge >= 0.3 is 0 Å². The molecule has 0 saturated carbocycles. The Kier molecular flexibility index (Phi) is 4.76. The monoisotopic (exact) mass is 192 g/mol. The molecule has 0 aliphatic carbocycles. The first-order valence-corrected chi connectivity index (χ1v) is 5.00. The van der Waals surface area contributed by atoms with Crippen molar-refractivity contribution in [2.75, 3.05) is 0 Å². The highest BCUT2D eigenvalue weighted by Crippen LogP contribution is 2.09. The fraction of sp³-hybridized carbons (Fsp3) is 0.417. The van der Waals surface area contributed by atoms with Crippen LogP contribution in [0.1, 0.15) is 30.9 Å². The van der Waals surface area contributed by atoms with Gasteiger partial charge in [-0.1, -0.05) is 37.6 Å². The molecule has 2 heteroatoms. The van der Waals surface area contributed by atoms with Crippen molar-refractivity contribution < 1.29 is 9.53 Å². The summed E-state index contributed by atoms with van der Waals surface area (Å²) in [5.41, 5.74) is 2.38. The maximum absolute atomic E-state index is 10.0. The van der Waals surface area contributed by atoms with E-state index in [0.29, 0.717) is 13.1 Å². The first-order chi connectivity index (χ1) is 6.86. The van der Waals surface area contributed by atoms with Gasteiger partial charge < -0.3 is 4.74 Å². The Morgan fingerprint density at radius 2 is 2.14 bits per heavy atom. The van der Waals surface area contributed by atoms with Crippen molar-refractivity contribution in [2.24, 2.45) is 0 Å². The molecule has 0 unspecified atom stereocenters. The quantitative estimate of drug-likeness (QED) is 0.648. The third kappa shape index (κ3) is 3.60. The van der Waals surface area contributed by atoms with Crippen LogP contribution >= 0.6 is 0 Å². The summed E-state index contributed by atoms with van der Waals surface area (Å²) in [5, 5.41) is 0. The average molecular weight is 192 g/mol. The molecule has 2 nitrogen and oxygen atoms in total. The second-order valence-corrected chi connectivity index (χ2v) is 3.33. The molecule has 0 aliphatic heterocycles. The minimum atomic E-state index is 0.378. The Morgan fingerprint density at radius 3 is 2.86 bits per heavy atom. The summed E-state index contributed by atoms with van der Waals surface area (Å²) in [5.74, 6) is 0. The highest BCUT2D eigenvalue weighted by atomic mass is 16.5. The van der Waals surface area contributed by atoms with Gasteiger partial charge in [0.2, 0.25) is 0 Å². The van der Waals surface area contributed by atoms with Crippen LogP contribution in [0.3, 0.4) is 0 Å². The van der Waals surface area contributed by atoms with Gasteiger partial charge in [0.05, 0.1) is 0 Å². The molecule has 0 spiro atoms. The Morgan fingerprint density at radius 1 is 1.36 bits per heavy atom. The van der Waals surface area contributed by atoms with Gasteiger partial charge in [0.15, 0.2) is 0 Å². The minimum Gasteiger partial charge on any atom is -0.463 e. The van der Waals surface area contributed by atoms with Crippen LogP contribution < -0.4 is 0 Å². The lowest BCUT2D eigenvalue weighted by Crippen LogP contribution is -1.92. The predicted octanol–water partition coefficient (Wildman–Crippen LogP) is 2.70. The Hall–Kier alpha value is -1.31. The summed E-state index contributed by atoms with van der Waals surface area (Å²) in [6.45, 7) is 3.04. The van der Waals surface area contributed by atoms with Crippen molar-refractivity contribution >= 4 is 6.47 Å². The number of carbonyl (C=O) groups is 1. The van der Waals surface area contributed by atoms with Gasteiger partial charge in [0.1, 0.15) is 6.61 Å².